The van der Waals surface area contributed by atoms with Gasteiger partial charge in [-0.2, -0.15) is 4.98 Å². The number of nitrogens with zero attached hydrogens (tertiary/aromatic N) is 5. The molecule has 0 spiro atoms. The largest absolute Gasteiger partial charge is 0.357 e. The molecule has 1 heterocycles. The standard InChI is InChI=1S/C17H32N6O2.HI/c1-7-18-17(22(6)12-15(24)23(8-2)9-3)19-11-10-14-20-16(13(4)5)21-25-14;/h13H,7-12H2,1-6H3,(H,18,19);1H. The monoisotopic (exact) mass is 480 g/mol. The second-order valence-corrected chi connectivity index (χ2v) is 6.11. The predicted octanol–water partition coefficient (Wildman–Crippen LogP) is 2.12. The van der Waals surface area contributed by atoms with E-state index < -0.39 is 0 Å². The fraction of sp³-hybridized carbons (Fsp3) is 0.765. The fourth-order valence-corrected chi connectivity index (χ4v) is 2.29. The van der Waals surface area contributed by atoms with E-state index in [0.717, 1.165) is 6.54 Å². The first-order valence-corrected chi connectivity index (χ1v) is 9.02. The van der Waals surface area contributed by atoms with Crippen molar-refractivity contribution in [2.45, 2.75) is 47.0 Å². The minimum Gasteiger partial charge on any atom is -0.357 e. The predicted molar refractivity (Wildman–Crippen MR) is 114 cm³/mol. The molecular weight excluding hydrogens is 447 g/mol. The Morgan fingerprint density at radius 1 is 1.27 bits per heavy atom. The number of carbonyl (C=O) groups is 1. The second-order valence-electron chi connectivity index (χ2n) is 6.11. The number of likely N-dealkylation sites (N-methyl/N-ethyl adjacent to an activating group) is 2. The number of amides is 1. The maximum Gasteiger partial charge on any atom is 0.242 e. The molecule has 9 heteroatoms. The van der Waals surface area contributed by atoms with E-state index in [-0.39, 0.29) is 35.8 Å². The van der Waals surface area contributed by atoms with Crippen LogP contribution < -0.4 is 5.32 Å². The van der Waals surface area contributed by atoms with Crippen LogP contribution in [0.4, 0.5) is 0 Å². The van der Waals surface area contributed by atoms with Crippen molar-refractivity contribution in [1.29, 1.82) is 0 Å². The fourth-order valence-electron chi connectivity index (χ4n) is 2.29. The van der Waals surface area contributed by atoms with E-state index in [0.29, 0.717) is 50.3 Å². The van der Waals surface area contributed by atoms with Gasteiger partial charge in [-0.3, -0.25) is 9.79 Å². The Balaban J connectivity index is 0.00000625. The van der Waals surface area contributed by atoms with Crippen LogP contribution in [0.15, 0.2) is 9.52 Å². The van der Waals surface area contributed by atoms with Gasteiger partial charge in [-0.05, 0) is 20.8 Å². The third-order valence-corrected chi connectivity index (χ3v) is 3.77. The number of guanidine groups is 1. The van der Waals surface area contributed by atoms with Gasteiger partial charge in [0, 0.05) is 39.0 Å². The van der Waals surface area contributed by atoms with Crippen LogP contribution in [-0.4, -0.2) is 71.6 Å². The maximum absolute atomic E-state index is 12.3. The number of rotatable bonds is 9. The Bertz CT molecular complexity index is 557. The highest BCUT2D eigenvalue weighted by molar-refractivity contribution is 14.0. The third-order valence-electron chi connectivity index (χ3n) is 3.77. The number of carbonyl (C=O) groups excluding carboxylic acids is 1. The molecule has 0 atom stereocenters. The van der Waals surface area contributed by atoms with E-state index >= 15 is 0 Å². The van der Waals surface area contributed by atoms with Gasteiger partial charge in [0.1, 0.15) is 0 Å². The molecule has 0 saturated carbocycles. The van der Waals surface area contributed by atoms with E-state index in [1.807, 2.05) is 51.5 Å². The summed E-state index contributed by atoms with van der Waals surface area (Å²) in [5.74, 6) is 2.34. The zero-order valence-electron chi connectivity index (χ0n) is 16.8. The van der Waals surface area contributed by atoms with Gasteiger partial charge in [0.15, 0.2) is 11.8 Å². The first kappa shape index (κ1) is 24.6. The second kappa shape index (κ2) is 12.9. The molecule has 0 radical (unpaired) electrons. The van der Waals surface area contributed by atoms with Crippen molar-refractivity contribution < 1.29 is 9.32 Å². The minimum atomic E-state index is 0. The molecule has 0 unspecified atom stereocenters. The molecule has 26 heavy (non-hydrogen) atoms. The van der Waals surface area contributed by atoms with E-state index in [1.165, 1.54) is 0 Å². The number of hydrogen-bond acceptors (Lipinski definition) is 5. The van der Waals surface area contributed by atoms with Crippen LogP contribution in [0, 0.1) is 0 Å². The summed E-state index contributed by atoms with van der Waals surface area (Å²) in [6.45, 7) is 13.0. The highest BCUT2D eigenvalue weighted by Gasteiger charge is 2.15. The smallest absolute Gasteiger partial charge is 0.242 e. The zero-order valence-corrected chi connectivity index (χ0v) is 19.1. The molecule has 1 N–H and O–H groups in total. The van der Waals surface area contributed by atoms with Crippen molar-refractivity contribution in [2.75, 3.05) is 39.8 Å². The van der Waals surface area contributed by atoms with Gasteiger partial charge in [0.2, 0.25) is 11.8 Å². The minimum absolute atomic E-state index is 0. The van der Waals surface area contributed by atoms with Crippen molar-refractivity contribution in [1.82, 2.24) is 25.3 Å². The van der Waals surface area contributed by atoms with Crippen molar-refractivity contribution >= 4 is 35.8 Å². The molecule has 0 bridgehead atoms. The molecule has 8 nitrogen and oxygen atoms in total. The quantitative estimate of drug-likeness (QED) is 0.331. The van der Waals surface area contributed by atoms with Crippen molar-refractivity contribution in [3.63, 3.8) is 0 Å². The number of nitrogens with one attached hydrogen (secondary N) is 1. The summed E-state index contributed by atoms with van der Waals surface area (Å²) in [5, 5.41) is 7.16. The third kappa shape index (κ3) is 7.88. The van der Waals surface area contributed by atoms with Crippen LogP contribution in [0.1, 0.15) is 52.3 Å². The average Bonchev–Trinajstić information content (AvgIpc) is 3.04. The molecule has 1 rings (SSSR count). The molecule has 0 aliphatic rings. The summed E-state index contributed by atoms with van der Waals surface area (Å²) in [6, 6.07) is 0. The lowest BCUT2D eigenvalue weighted by atomic mass is 10.2. The summed E-state index contributed by atoms with van der Waals surface area (Å²) < 4.78 is 5.23. The molecular formula is C17H33IN6O2. The molecule has 0 aliphatic carbocycles. The lowest BCUT2D eigenvalue weighted by Crippen LogP contribution is -2.45. The van der Waals surface area contributed by atoms with Gasteiger partial charge in [-0.15, -0.1) is 24.0 Å². The molecule has 0 saturated heterocycles. The number of aliphatic imine (C=N–C) groups is 1. The number of hydrogen-bond donors (Lipinski definition) is 1. The number of aromatic nitrogens is 2. The van der Waals surface area contributed by atoms with Crippen LogP contribution in [0.2, 0.25) is 0 Å². The van der Waals surface area contributed by atoms with Gasteiger partial charge >= 0.3 is 0 Å². The van der Waals surface area contributed by atoms with Gasteiger partial charge in [0.05, 0.1) is 13.1 Å². The van der Waals surface area contributed by atoms with Crippen LogP contribution >= 0.6 is 24.0 Å². The van der Waals surface area contributed by atoms with E-state index in [9.17, 15) is 4.79 Å². The van der Waals surface area contributed by atoms with Gasteiger partial charge in [-0.1, -0.05) is 19.0 Å². The Hall–Kier alpha value is -1.39. The molecule has 1 aromatic rings. The Morgan fingerprint density at radius 3 is 2.42 bits per heavy atom. The first-order chi connectivity index (χ1) is 11.9. The van der Waals surface area contributed by atoms with Crippen LogP contribution in [0.3, 0.4) is 0 Å². The molecule has 0 fully saturated rings. The average molecular weight is 480 g/mol. The summed E-state index contributed by atoms with van der Waals surface area (Å²) in [6.07, 6.45) is 0.576. The maximum atomic E-state index is 12.3. The number of halogens is 1. The Morgan fingerprint density at radius 2 is 1.92 bits per heavy atom. The van der Waals surface area contributed by atoms with E-state index in [1.54, 1.807) is 0 Å². The van der Waals surface area contributed by atoms with Gasteiger partial charge in [-0.25, -0.2) is 0 Å². The molecule has 150 valence electrons. The van der Waals surface area contributed by atoms with Gasteiger partial charge < -0.3 is 19.6 Å². The van der Waals surface area contributed by atoms with Crippen molar-refractivity contribution in [2.24, 2.45) is 4.99 Å². The van der Waals surface area contributed by atoms with Crippen LogP contribution in [0.25, 0.3) is 0 Å². The highest BCUT2D eigenvalue weighted by atomic mass is 127. The molecule has 1 amide bonds. The summed E-state index contributed by atoms with van der Waals surface area (Å²) in [7, 11) is 1.87. The van der Waals surface area contributed by atoms with Crippen molar-refractivity contribution in [3.8, 4) is 0 Å². The van der Waals surface area contributed by atoms with Crippen molar-refractivity contribution in [3.05, 3.63) is 11.7 Å². The van der Waals surface area contributed by atoms with E-state index in [2.05, 4.69) is 20.4 Å². The van der Waals surface area contributed by atoms with E-state index in [4.69, 9.17) is 4.52 Å². The lowest BCUT2D eigenvalue weighted by molar-refractivity contribution is -0.131. The molecule has 1 aromatic heterocycles. The van der Waals surface area contributed by atoms with Gasteiger partial charge in [0.25, 0.3) is 0 Å². The normalized spacial score (nSPS) is 11.3. The molecule has 0 aliphatic heterocycles. The van der Waals surface area contributed by atoms with Crippen LogP contribution in [-0.2, 0) is 11.2 Å². The lowest BCUT2D eigenvalue weighted by Gasteiger charge is -2.25. The zero-order chi connectivity index (χ0) is 18.8. The molecule has 0 aromatic carbocycles. The Labute approximate surface area is 173 Å². The Kier molecular flexibility index (Phi) is 12.2. The highest BCUT2D eigenvalue weighted by Crippen LogP contribution is 2.09. The summed E-state index contributed by atoms with van der Waals surface area (Å²) in [5.41, 5.74) is 0. The van der Waals surface area contributed by atoms with Crippen LogP contribution in [0.5, 0.6) is 0 Å². The summed E-state index contributed by atoms with van der Waals surface area (Å²) in [4.78, 5) is 24.8. The first-order valence-electron chi connectivity index (χ1n) is 9.02. The SMILES string of the molecule is CCNC(=NCCc1nc(C(C)C)no1)N(C)CC(=O)N(CC)CC.I. The summed E-state index contributed by atoms with van der Waals surface area (Å²) >= 11 is 0. The topological polar surface area (TPSA) is 86.9 Å².